The van der Waals surface area contributed by atoms with Crippen LogP contribution in [0, 0.1) is 0 Å². The lowest BCUT2D eigenvalue weighted by molar-refractivity contribution is 0.596. The molecule has 0 unspecified atom stereocenters. The van der Waals surface area contributed by atoms with E-state index in [2.05, 4.69) is 17.6 Å². The van der Waals surface area contributed by atoms with Crippen LogP contribution >= 0.6 is 0 Å². The minimum atomic E-state index is -3.88. The van der Waals surface area contributed by atoms with E-state index in [0.29, 0.717) is 25.1 Å². The summed E-state index contributed by atoms with van der Waals surface area (Å²) in [7, 11) is -3.88. The summed E-state index contributed by atoms with van der Waals surface area (Å²) in [6.07, 6.45) is 2.66. The molecule has 164 valence electrons. The summed E-state index contributed by atoms with van der Waals surface area (Å²) in [6.45, 7) is 4.22. The van der Waals surface area contributed by atoms with Gasteiger partial charge in [0.1, 0.15) is 0 Å². The molecule has 0 aromatic heterocycles. The van der Waals surface area contributed by atoms with Crippen molar-refractivity contribution in [2.75, 3.05) is 11.9 Å². The average molecular weight is 438 g/mol. The molecule has 0 radical (unpaired) electrons. The van der Waals surface area contributed by atoms with Crippen LogP contribution < -0.4 is 15.8 Å². The first kappa shape index (κ1) is 23.0. The van der Waals surface area contributed by atoms with Crippen LogP contribution in [0.15, 0.2) is 77.7 Å². The van der Waals surface area contributed by atoms with E-state index in [1.807, 2.05) is 66.7 Å². The van der Waals surface area contributed by atoms with Crippen molar-refractivity contribution < 1.29 is 8.42 Å². The highest BCUT2D eigenvalue weighted by molar-refractivity contribution is 7.89. The molecular formula is C25H31N3O2S. The molecule has 0 spiro atoms. The number of primary sulfonamides is 1. The molecule has 0 aliphatic heterocycles. The smallest absolute Gasteiger partial charge is 0.238 e. The Morgan fingerprint density at radius 3 is 2.10 bits per heavy atom. The lowest BCUT2D eigenvalue weighted by Crippen LogP contribution is -2.19. The zero-order valence-electron chi connectivity index (χ0n) is 18.0. The van der Waals surface area contributed by atoms with Gasteiger partial charge in [0.05, 0.1) is 4.90 Å². The highest BCUT2D eigenvalue weighted by atomic mass is 32.2. The fraction of sp³-hybridized carbons (Fsp3) is 0.280. The van der Waals surface area contributed by atoms with Crippen molar-refractivity contribution in [2.45, 2.75) is 44.2 Å². The predicted molar refractivity (Wildman–Crippen MR) is 127 cm³/mol. The third kappa shape index (κ3) is 6.92. The fourth-order valence-electron chi connectivity index (χ4n) is 3.53. The van der Waals surface area contributed by atoms with Crippen molar-refractivity contribution >= 4 is 15.7 Å². The van der Waals surface area contributed by atoms with Crippen LogP contribution in [-0.4, -0.2) is 15.0 Å². The van der Waals surface area contributed by atoms with Crippen LogP contribution in [0.2, 0.25) is 0 Å². The van der Waals surface area contributed by atoms with E-state index in [0.717, 1.165) is 41.8 Å². The number of benzene rings is 3. The largest absolute Gasteiger partial charge is 0.381 e. The third-order valence-corrected chi connectivity index (χ3v) is 6.14. The molecule has 3 rings (SSSR count). The summed E-state index contributed by atoms with van der Waals surface area (Å²) in [5.41, 5.74) is 4.54. The first-order valence-corrected chi connectivity index (χ1v) is 12.2. The van der Waals surface area contributed by atoms with E-state index >= 15 is 0 Å². The summed E-state index contributed by atoms with van der Waals surface area (Å²) in [5, 5.41) is 12.5. The zero-order chi connectivity index (χ0) is 22.1. The Morgan fingerprint density at radius 2 is 1.48 bits per heavy atom. The summed E-state index contributed by atoms with van der Waals surface area (Å²) in [4.78, 5) is 0.182. The lowest BCUT2D eigenvalue weighted by atomic mass is 10.0. The van der Waals surface area contributed by atoms with Gasteiger partial charge in [-0.3, -0.25) is 0 Å². The maximum atomic E-state index is 12.5. The van der Waals surface area contributed by atoms with Crippen molar-refractivity contribution in [3.05, 3.63) is 95.1 Å². The minimum absolute atomic E-state index is 0.182. The van der Waals surface area contributed by atoms with E-state index in [9.17, 15) is 8.42 Å². The Hall–Kier alpha value is -2.67. The second kappa shape index (κ2) is 11.1. The summed E-state index contributed by atoms with van der Waals surface area (Å²) >= 11 is 0. The molecule has 0 amide bonds. The number of hydrogen-bond acceptors (Lipinski definition) is 4. The van der Waals surface area contributed by atoms with Crippen molar-refractivity contribution in [1.82, 2.24) is 5.32 Å². The number of nitrogens with two attached hydrogens (primary N) is 1. The minimum Gasteiger partial charge on any atom is -0.381 e. The van der Waals surface area contributed by atoms with Gasteiger partial charge in [-0.25, -0.2) is 13.6 Å². The van der Waals surface area contributed by atoms with Crippen LogP contribution in [0.3, 0.4) is 0 Å². The van der Waals surface area contributed by atoms with Gasteiger partial charge in [0, 0.05) is 25.2 Å². The van der Waals surface area contributed by atoms with Gasteiger partial charge in [-0.2, -0.15) is 0 Å². The Balaban J connectivity index is 1.98. The number of unbranched alkanes of at least 4 members (excludes halogenated alkanes) is 1. The molecule has 0 saturated heterocycles. The van der Waals surface area contributed by atoms with Crippen molar-refractivity contribution in [1.29, 1.82) is 0 Å². The van der Waals surface area contributed by atoms with E-state index in [1.54, 1.807) is 6.07 Å². The molecule has 4 N–H and O–H groups in total. The molecule has 0 heterocycles. The molecule has 0 atom stereocenters. The van der Waals surface area contributed by atoms with Crippen LogP contribution in [-0.2, 0) is 29.5 Å². The van der Waals surface area contributed by atoms with Crippen molar-refractivity contribution in [2.24, 2.45) is 5.14 Å². The molecule has 3 aromatic rings. The number of sulfonamides is 1. The average Bonchev–Trinajstić information content (AvgIpc) is 2.77. The molecule has 0 bridgehead atoms. The number of nitrogens with one attached hydrogen (secondary N) is 2. The number of anilines is 1. The van der Waals surface area contributed by atoms with Crippen LogP contribution in [0.25, 0.3) is 0 Å². The van der Waals surface area contributed by atoms with Gasteiger partial charge in [-0.1, -0.05) is 74.0 Å². The van der Waals surface area contributed by atoms with E-state index < -0.39 is 10.0 Å². The van der Waals surface area contributed by atoms with Crippen LogP contribution in [0.5, 0.6) is 0 Å². The molecule has 0 saturated carbocycles. The van der Waals surface area contributed by atoms with Crippen molar-refractivity contribution in [3.8, 4) is 0 Å². The SMILES string of the molecule is CCCCNCc1cc(NCc2ccccc2)c(Cc2ccccc2)c(S(N)(=O)=O)c1. The van der Waals surface area contributed by atoms with E-state index in [4.69, 9.17) is 5.14 Å². The molecule has 3 aromatic carbocycles. The van der Waals surface area contributed by atoms with E-state index in [1.165, 1.54) is 0 Å². The standard InChI is InChI=1S/C25H31N3O2S/c1-2-3-14-27-18-22-16-24(28-19-21-12-8-5-9-13-21)23(25(17-22)31(26,29)30)15-20-10-6-4-7-11-20/h4-13,16-17,27-28H,2-3,14-15,18-19H2,1H3,(H2,26,29,30). The van der Waals surface area contributed by atoms with Gasteiger partial charge in [0.15, 0.2) is 0 Å². The fourth-order valence-corrected chi connectivity index (χ4v) is 4.37. The first-order chi connectivity index (χ1) is 15.0. The molecule has 6 heteroatoms. The molecular weight excluding hydrogens is 406 g/mol. The zero-order valence-corrected chi connectivity index (χ0v) is 18.8. The summed E-state index contributed by atoms with van der Waals surface area (Å²) < 4.78 is 25.1. The van der Waals surface area contributed by atoms with Gasteiger partial charge in [-0.05, 0) is 47.4 Å². The summed E-state index contributed by atoms with van der Waals surface area (Å²) in [6, 6.07) is 23.6. The molecule has 0 fully saturated rings. The van der Waals surface area contributed by atoms with Gasteiger partial charge < -0.3 is 10.6 Å². The third-order valence-electron chi connectivity index (χ3n) is 5.16. The Bertz CT molecular complexity index is 1070. The second-order valence-corrected chi connectivity index (χ2v) is 9.23. The van der Waals surface area contributed by atoms with Gasteiger partial charge in [-0.15, -0.1) is 0 Å². The molecule has 5 nitrogen and oxygen atoms in total. The van der Waals surface area contributed by atoms with Crippen molar-refractivity contribution in [3.63, 3.8) is 0 Å². The maximum Gasteiger partial charge on any atom is 0.238 e. The Kier molecular flexibility index (Phi) is 8.23. The maximum absolute atomic E-state index is 12.5. The summed E-state index contributed by atoms with van der Waals surface area (Å²) in [5.74, 6) is 0. The van der Waals surface area contributed by atoms with Crippen LogP contribution in [0.4, 0.5) is 5.69 Å². The molecule has 0 aliphatic carbocycles. The highest BCUT2D eigenvalue weighted by Crippen LogP contribution is 2.29. The second-order valence-electron chi connectivity index (χ2n) is 7.70. The van der Waals surface area contributed by atoms with Gasteiger partial charge >= 0.3 is 0 Å². The number of hydrogen-bond donors (Lipinski definition) is 3. The van der Waals surface area contributed by atoms with Gasteiger partial charge in [0.25, 0.3) is 0 Å². The first-order valence-electron chi connectivity index (χ1n) is 10.7. The number of rotatable bonds is 11. The van der Waals surface area contributed by atoms with Crippen LogP contribution in [0.1, 0.15) is 42.0 Å². The monoisotopic (exact) mass is 437 g/mol. The van der Waals surface area contributed by atoms with Gasteiger partial charge in [0.2, 0.25) is 10.0 Å². The topological polar surface area (TPSA) is 84.2 Å². The van der Waals surface area contributed by atoms with E-state index in [-0.39, 0.29) is 4.90 Å². The highest BCUT2D eigenvalue weighted by Gasteiger charge is 2.19. The quantitative estimate of drug-likeness (QED) is 0.388. The predicted octanol–water partition coefficient (Wildman–Crippen LogP) is 4.43. The normalized spacial score (nSPS) is 11.4. The molecule has 0 aliphatic rings. The Morgan fingerprint density at radius 1 is 0.839 bits per heavy atom. The molecule has 31 heavy (non-hydrogen) atoms. The lowest BCUT2D eigenvalue weighted by Gasteiger charge is -2.18. The Labute approximate surface area is 185 Å².